The van der Waals surface area contributed by atoms with Gasteiger partial charge in [-0.25, -0.2) is 4.39 Å². The van der Waals surface area contributed by atoms with Gasteiger partial charge in [0.25, 0.3) is 0 Å². The maximum absolute atomic E-state index is 11.6. The molecule has 1 unspecified atom stereocenters. The molecule has 0 aliphatic heterocycles. The molecule has 0 spiro atoms. The van der Waals surface area contributed by atoms with E-state index in [1.54, 1.807) is 0 Å². The molecule has 0 saturated carbocycles. The highest BCUT2D eigenvalue weighted by Crippen LogP contribution is 2.06. The first-order valence-corrected chi connectivity index (χ1v) is 2.58. The third kappa shape index (κ3) is 6.47. The predicted molar refractivity (Wildman–Crippen MR) is 27.1 cm³/mol. The molecule has 0 rings (SSSR count). The molecule has 0 bridgehead atoms. The van der Waals surface area contributed by atoms with Crippen molar-refractivity contribution < 1.29 is 9.13 Å². The summed E-state index contributed by atoms with van der Waals surface area (Å²) in [5, 5.41) is -1.06. The van der Waals surface area contributed by atoms with Crippen LogP contribution < -0.4 is 0 Å². The van der Waals surface area contributed by atoms with E-state index in [4.69, 9.17) is 23.2 Å². The van der Waals surface area contributed by atoms with Crippen molar-refractivity contribution in [1.29, 1.82) is 0 Å². The Kier molecular flexibility index (Phi) is 3.70. The Morgan fingerprint density at radius 3 is 2.00 bits per heavy atom. The lowest BCUT2D eigenvalue weighted by Crippen LogP contribution is -2.03. The quantitative estimate of drug-likeness (QED) is 0.543. The van der Waals surface area contributed by atoms with Crippen LogP contribution in [-0.2, 0) is 4.74 Å². The van der Waals surface area contributed by atoms with E-state index in [0.29, 0.717) is 0 Å². The Balaban J connectivity index is 2.95. The van der Waals surface area contributed by atoms with Gasteiger partial charge in [0.05, 0.1) is 0 Å². The highest BCUT2D eigenvalue weighted by Gasteiger charge is 2.02. The minimum absolute atomic E-state index is 1.06. The summed E-state index contributed by atoms with van der Waals surface area (Å²) in [6, 6.07) is 0. The van der Waals surface area contributed by atoms with E-state index in [-0.39, 0.29) is 0 Å². The number of hydrogen-bond donors (Lipinski definition) is 0. The van der Waals surface area contributed by atoms with Crippen molar-refractivity contribution in [3.63, 3.8) is 0 Å². The molecular formula is C3H5Cl2FO. The number of halogens is 3. The summed E-state index contributed by atoms with van der Waals surface area (Å²) in [6.45, 7) is 1.21. The molecular weight excluding hydrogens is 142 g/mol. The van der Waals surface area contributed by atoms with E-state index in [0.717, 1.165) is 0 Å². The molecule has 7 heavy (non-hydrogen) atoms. The van der Waals surface area contributed by atoms with Crippen molar-refractivity contribution in [2.24, 2.45) is 0 Å². The monoisotopic (exact) mass is 146 g/mol. The largest absolute Gasteiger partial charge is 0.315 e. The first-order valence-electron chi connectivity index (χ1n) is 1.70. The van der Waals surface area contributed by atoms with Gasteiger partial charge in [0.1, 0.15) is 0 Å². The fraction of sp³-hybridized carbons (Fsp3) is 1.00. The Bertz CT molecular complexity index is 42.2. The van der Waals surface area contributed by atoms with E-state index in [2.05, 4.69) is 4.74 Å². The lowest BCUT2D eigenvalue weighted by atomic mass is 10.8. The second-order valence-corrected chi connectivity index (χ2v) is 1.96. The van der Waals surface area contributed by atoms with Crippen molar-refractivity contribution in [2.45, 2.75) is 18.3 Å². The molecule has 0 heterocycles. The van der Waals surface area contributed by atoms with Crippen LogP contribution in [0.15, 0.2) is 0 Å². The average molecular weight is 147 g/mol. The normalized spacial score (nSPS) is 15.0. The van der Waals surface area contributed by atoms with E-state index in [1.165, 1.54) is 6.92 Å². The number of rotatable bonds is 2. The minimum atomic E-state index is -1.39. The van der Waals surface area contributed by atoms with Crippen LogP contribution in [0.2, 0.25) is 0 Å². The molecule has 0 saturated heterocycles. The third-order valence-corrected chi connectivity index (χ3v) is 0.496. The summed E-state index contributed by atoms with van der Waals surface area (Å²) in [5.41, 5.74) is 0. The molecule has 0 radical (unpaired) electrons. The highest BCUT2D eigenvalue weighted by atomic mass is 35.5. The maximum Gasteiger partial charge on any atom is 0.209 e. The molecule has 0 aromatic rings. The fourth-order valence-electron chi connectivity index (χ4n) is 0.142. The van der Waals surface area contributed by atoms with Gasteiger partial charge in [0.2, 0.25) is 5.02 Å². The zero-order chi connectivity index (χ0) is 5.86. The summed E-state index contributed by atoms with van der Waals surface area (Å²) in [7, 11) is 0. The lowest BCUT2D eigenvalue weighted by Gasteiger charge is -2.01. The van der Waals surface area contributed by atoms with Gasteiger partial charge in [-0.1, -0.05) is 23.2 Å². The van der Waals surface area contributed by atoms with Gasteiger partial charge in [-0.3, -0.25) is 0 Å². The van der Waals surface area contributed by atoms with Gasteiger partial charge < -0.3 is 4.74 Å². The second-order valence-electron chi connectivity index (χ2n) is 0.940. The van der Waals surface area contributed by atoms with Gasteiger partial charge >= 0.3 is 0 Å². The molecule has 1 nitrogen and oxygen atoms in total. The molecule has 1 atom stereocenters. The number of alkyl halides is 3. The van der Waals surface area contributed by atoms with Crippen molar-refractivity contribution in [3.05, 3.63) is 0 Å². The van der Waals surface area contributed by atoms with Crippen molar-refractivity contribution in [1.82, 2.24) is 0 Å². The molecule has 0 aromatic heterocycles. The van der Waals surface area contributed by atoms with Gasteiger partial charge in [-0.2, -0.15) is 0 Å². The molecule has 44 valence electrons. The zero-order valence-corrected chi connectivity index (χ0v) is 5.21. The van der Waals surface area contributed by atoms with Crippen LogP contribution in [0.3, 0.4) is 0 Å². The molecule has 0 fully saturated rings. The van der Waals surface area contributed by atoms with E-state index in [1.807, 2.05) is 0 Å². The Morgan fingerprint density at radius 1 is 1.57 bits per heavy atom. The van der Waals surface area contributed by atoms with E-state index >= 15 is 0 Å². The van der Waals surface area contributed by atoms with E-state index in [9.17, 15) is 4.39 Å². The topological polar surface area (TPSA) is 9.23 Å². The summed E-state index contributed by atoms with van der Waals surface area (Å²) in [6.07, 6.45) is -1.39. The molecule has 4 heteroatoms. The zero-order valence-electron chi connectivity index (χ0n) is 3.70. The van der Waals surface area contributed by atoms with Gasteiger partial charge in [0, 0.05) is 0 Å². The average Bonchev–Trinajstić information content (AvgIpc) is 1.27. The Labute approximate surface area is 51.4 Å². The fourth-order valence-corrected chi connectivity index (χ4v) is 0.425. The number of ether oxygens (including phenoxy) is 1. The summed E-state index contributed by atoms with van der Waals surface area (Å²) in [4.78, 5) is 0. The Hall–Kier alpha value is 0.470. The van der Waals surface area contributed by atoms with Crippen LogP contribution in [0, 0.1) is 0 Å². The predicted octanol–water partition coefficient (Wildman–Crippen LogP) is 2.08. The lowest BCUT2D eigenvalue weighted by molar-refractivity contribution is -0.0146. The summed E-state index contributed by atoms with van der Waals surface area (Å²) < 4.78 is 15.7. The highest BCUT2D eigenvalue weighted by molar-refractivity contribution is 6.43. The van der Waals surface area contributed by atoms with E-state index < -0.39 is 11.4 Å². The van der Waals surface area contributed by atoms with Crippen LogP contribution in [0.5, 0.6) is 0 Å². The van der Waals surface area contributed by atoms with Crippen molar-refractivity contribution >= 4 is 23.2 Å². The smallest absolute Gasteiger partial charge is 0.209 e. The van der Waals surface area contributed by atoms with Gasteiger partial charge in [-0.05, 0) is 6.92 Å². The van der Waals surface area contributed by atoms with Crippen molar-refractivity contribution in [3.8, 4) is 0 Å². The first kappa shape index (κ1) is 7.47. The third-order valence-electron chi connectivity index (χ3n) is 0.290. The van der Waals surface area contributed by atoms with Crippen LogP contribution in [0.4, 0.5) is 4.39 Å². The van der Waals surface area contributed by atoms with Crippen LogP contribution >= 0.6 is 23.2 Å². The molecule has 0 N–H and O–H groups in total. The number of hydrogen-bond acceptors (Lipinski definition) is 1. The molecule has 0 amide bonds. The van der Waals surface area contributed by atoms with Gasteiger partial charge in [0.15, 0.2) is 6.36 Å². The molecule has 0 aliphatic carbocycles. The van der Waals surface area contributed by atoms with Crippen LogP contribution in [-0.4, -0.2) is 11.4 Å². The molecule has 0 aromatic carbocycles. The summed E-state index contributed by atoms with van der Waals surface area (Å²) in [5.74, 6) is 0. The maximum atomic E-state index is 11.6. The second kappa shape index (κ2) is 3.47. The molecule has 0 aliphatic rings. The van der Waals surface area contributed by atoms with Crippen LogP contribution in [0.25, 0.3) is 0 Å². The van der Waals surface area contributed by atoms with Crippen molar-refractivity contribution in [2.75, 3.05) is 0 Å². The summed E-state index contributed by atoms with van der Waals surface area (Å²) >= 11 is 9.95. The SMILES string of the molecule is CC(F)OC(Cl)Cl. The minimum Gasteiger partial charge on any atom is -0.315 e. The first-order chi connectivity index (χ1) is 3.13. The van der Waals surface area contributed by atoms with Crippen LogP contribution in [0.1, 0.15) is 6.92 Å². The Morgan fingerprint density at radius 2 is 2.00 bits per heavy atom. The van der Waals surface area contributed by atoms with Gasteiger partial charge in [-0.15, -0.1) is 0 Å². The standard InChI is InChI=1S/C3H5Cl2FO/c1-2(6)7-3(4)5/h2-3H,1H3.